The maximum atomic E-state index is 12.4. The molecule has 0 bridgehead atoms. The Morgan fingerprint density at radius 3 is 2.50 bits per heavy atom. The van der Waals surface area contributed by atoms with E-state index in [1.807, 2.05) is 35.2 Å². The third kappa shape index (κ3) is 3.95. The van der Waals surface area contributed by atoms with Gasteiger partial charge in [0.15, 0.2) is 5.82 Å². The zero-order chi connectivity index (χ0) is 22.2. The van der Waals surface area contributed by atoms with E-state index in [1.165, 1.54) is 0 Å². The second-order valence-electron chi connectivity index (χ2n) is 8.70. The molecule has 2 fully saturated rings. The van der Waals surface area contributed by atoms with Crippen LogP contribution in [0.2, 0.25) is 0 Å². The highest BCUT2D eigenvalue weighted by atomic mass is 16.2. The lowest BCUT2D eigenvalue weighted by molar-refractivity contribution is -0.131. The number of H-pyrrole nitrogens is 1. The van der Waals surface area contributed by atoms with Crippen LogP contribution in [0, 0.1) is 11.8 Å². The molecule has 5 rings (SSSR count). The fourth-order valence-corrected chi connectivity index (χ4v) is 4.40. The molecule has 2 aromatic carbocycles. The number of amides is 2. The number of aromatic nitrogens is 3. The molecule has 1 saturated carbocycles. The molecule has 1 aliphatic heterocycles. The third-order valence-corrected chi connectivity index (χ3v) is 6.35. The van der Waals surface area contributed by atoms with Crippen molar-refractivity contribution in [1.82, 2.24) is 19.7 Å². The molecule has 8 heteroatoms. The number of carbonyl (C=O) groups is 2. The number of nitrogens with one attached hydrogen (secondary N) is 1. The number of carbonyl (C=O) groups excluding carboxylic acids is 2. The van der Waals surface area contributed by atoms with E-state index in [2.05, 4.69) is 10.2 Å². The van der Waals surface area contributed by atoms with Crippen LogP contribution in [0.3, 0.4) is 0 Å². The summed E-state index contributed by atoms with van der Waals surface area (Å²) < 4.78 is 1.67. The van der Waals surface area contributed by atoms with Gasteiger partial charge in [-0.05, 0) is 48.4 Å². The minimum absolute atomic E-state index is 0.225. The maximum Gasteiger partial charge on any atom is 0.343 e. The summed E-state index contributed by atoms with van der Waals surface area (Å²) in [6, 6.07) is 14.9. The highest BCUT2D eigenvalue weighted by Crippen LogP contribution is 2.33. The first-order valence-corrected chi connectivity index (χ1v) is 10.9. The van der Waals surface area contributed by atoms with Crippen molar-refractivity contribution < 1.29 is 9.59 Å². The molecule has 0 radical (unpaired) electrons. The molecule has 3 N–H and O–H groups in total. The van der Waals surface area contributed by atoms with Crippen molar-refractivity contribution in [3.8, 4) is 22.5 Å². The van der Waals surface area contributed by atoms with Gasteiger partial charge in [0.1, 0.15) is 0 Å². The van der Waals surface area contributed by atoms with Gasteiger partial charge in [0, 0.05) is 36.7 Å². The second kappa shape index (κ2) is 8.11. The van der Waals surface area contributed by atoms with E-state index >= 15 is 0 Å². The lowest BCUT2D eigenvalue weighted by Crippen LogP contribution is -2.31. The summed E-state index contributed by atoms with van der Waals surface area (Å²) in [5.41, 5.74) is 8.24. The predicted molar refractivity (Wildman–Crippen MR) is 120 cm³/mol. The fraction of sp³-hybridized carbons (Fsp3) is 0.333. The average molecular weight is 431 g/mol. The average Bonchev–Trinajstić information content (AvgIpc) is 3.46. The first-order chi connectivity index (χ1) is 15.5. The summed E-state index contributed by atoms with van der Waals surface area (Å²) in [6.07, 6.45) is 2.91. The number of likely N-dealkylation sites (tertiary alicyclic amines) is 1. The van der Waals surface area contributed by atoms with Gasteiger partial charge in [-0.15, -0.1) is 0 Å². The Bertz CT molecular complexity index is 1220. The topological polar surface area (TPSA) is 114 Å². The normalized spacial score (nSPS) is 18.1. The van der Waals surface area contributed by atoms with Crippen LogP contribution in [0.25, 0.3) is 22.5 Å². The van der Waals surface area contributed by atoms with Crippen LogP contribution in [-0.2, 0) is 11.3 Å². The first kappa shape index (κ1) is 20.2. The summed E-state index contributed by atoms with van der Waals surface area (Å²) in [5.74, 6) is 0.849. The van der Waals surface area contributed by atoms with Crippen LogP contribution in [0.1, 0.15) is 29.6 Å². The fourth-order valence-electron chi connectivity index (χ4n) is 4.40. The minimum Gasteiger partial charge on any atom is -0.366 e. The molecule has 2 aliphatic rings. The third-order valence-electron chi connectivity index (χ3n) is 6.35. The number of nitrogens with two attached hydrogens (primary N) is 1. The molecule has 8 nitrogen and oxygen atoms in total. The van der Waals surface area contributed by atoms with E-state index in [1.54, 1.807) is 22.8 Å². The molecule has 1 aliphatic carbocycles. The smallest absolute Gasteiger partial charge is 0.343 e. The first-order valence-electron chi connectivity index (χ1n) is 10.9. The number of rotatable bonds is 6. The number of hydrogen-bond acceptors (Lipinski definition) is 4. The molecule has 2 heterocycles. The van der Waals surface area contributed by atoms with Crippen LogP contribution in [0.15, 0.2) is 53.3 Å². The van der Waals surface area contributed by atoms with Crippen molar-refractivity contribution in [2.24, 2.45) is 17.6 Å². The van der Waals surface area contributed by atoms with E-state index < -0.39 is 5.91 Å². The molecule has 164 valence electrons. The second-order valence-corrected chi connectivity index (χ2v) is 8.70. The highest BCUT2D eigenvalue weighted by molar-refractivity contribution is 5.94. The molecule has 0 spiro atoms. The summed E-state index contributed by atoms with van der Waals surface area (Å²) in [4.78, 5) is 38.2. The Hall–Kier alpha value is -3.68. The quantitative estimate of drug-likeness (QED) is 0.623. The number of nitrogens with zero attached hydrogens (tertiary/aromatic N) is 3. The van der Waals surface area contributed by atoms with E-state index in [-0.39, 0.29) is 23.4 Å². The van der Waals surface area contributed by atoms with E-state index in [9.17, 15) is 14.4 Å². The SMILES string of the molecule is NC(=O)c1cccc(-c2ccc(-c3n[nH]c(=O)n3C[C@@H]3CCN(C(=O)C4CC4)C3)cc2)c1. The number of aromatic amines is 1. The molecule has 1 aromatic heterocycles. The Morgan fingerprint density at radius 2 is 1.78 bits per heavy atom. The van der Waals surface area contributed by atoms with Gasteiger partial charge in [-0.1, -0.05) is 36.4 Å². The molecule has 2 amide bonds. The van der Waals surface area contributed by atoms with Crippen LogP contribution >= 0.6 is 0 Å². The van der Waals surface area contributed by atoms with Gasteiger partial charge in [0.05, 0.1) is 0 Å². The Balaban J connectivity index is 1.34. The molecule has 3 aromatic rings. The van der Waals surface area contributed by atoms with Gasteiger partial charge in [0.2, 0.25) is 11.8 Å². The van der Waals surface area contributed by atoms with E-state index in [4.69, 9.17) is 5.73 Å². The van der Waals surface area contributed by atoms with Crippen LogP contribution < -0.4 is 11.4 Å². The van der Waals surface area contributed by atoms with Crippen molar-refractivity contribution in [2.45, 2.75) is 25.8 Å². The summed E-state index contributed by atoms with van der Waals surface area (Å²) in [6.45, 7) is 1.99. The molecular weight excluding hydrogens is 406 g/mol. The largest absolute Gasteiger partial charge is 0.366 e. The molecule has 32 heavy (non-hydrogen) atoms. The standard InChI is InChI=1S/C24H25N5O3/c25-21(30)20-3-1-2-19(12-20)16-4-6-17(7-5-16)22-26-27-24(32)29(22)14-15-10-11-28(13-15)23(31)18-8-9-18/h1-7,12,15,18H,8-11,13-14H2,(H2,25,30)(H,27,32)/t15-/m1/s1. The van der Waals surface area contributed by atoms with Crippen molar-refractivity contribution in [3.05, 3.63) is 64.6 Å². The number of benzene rings is 2. The lowest BCUT2D eigenvalue weighted by Gasteiger charge is -2.16. The maximum absolute atomic E-state index is 12.4. The predicted octanol–water partition coefficient (Wildman–Crippen LogP) is 2.26. The Labute approximate surface area is 185 Å². The van der Waals surface area contributed by atoms with Crippen LogP contribution in [0.5, 0.6) is 0 Å². The lowest BCUT2D eigenvalue weighted by atomic mass is 10.0. The monoisotopic (exact) mass is 431 g/mol. The van der Waals surface area contributed by atoms with Crippen molar-refractivity contribution >= 4 is 11.8 Å². The highest BCUT2D eigenvalue weighted by Gasteiger charge is 2.36. The summed E-state index contributed by atoms with van der Waals surface area (Å²) in [5, 5.41) is 6.81. The summed E-state index contributed by atoms with van der Waals surface area (Å²) in [7, 11) is 0. The van der Waals surface area contributed by atoms with Crippen molar-refractivity contribution in [2.75, 3.05) is 13.1 Å². The molecule has 1 saturated heterocycles. The van der Waals surface area contributed by atoms with Gasteiger partial charge >= 0.3 is 5.69 Å². The van der Waals surface area contributed by atoms with Crippen LogP contribution in [0.4, 0.5) is 0 Å². The van der Waals surface area contributed by atoms with Gasteiger partial charge < -0.3 is 10.6 Å². The Kier molecular flexibility index (Phi) is 5.13. The van der Waals surface area contributed by atoms with Gasteiger partial charge in [-0.2, -0.15) is 5.10 Å². The zero-order valence-electron chi connectivity index (χ0n) is 17.7. The molecule has 1 atom stereocenters. The van der Waals surface area contributed by atoms with Gasteiger partial charge in [-0.3, -0.25) is 14.2 Å². The summed E-state index contributed by atoms with van der Waals surface area (Å²) >= 11 is 0. The van der Waals surface area contributed by atoms with Crippen LogP contribution in [-0.4, -0.2) is 44.6 Å². The van der Waals surface area contributed by atoms with Crippen molar-refractivity contribution in [1.29, 1.82) is 0 Å². The van der Waals surface area contributed by atoms with E-state index in [0.717, 1.165) is 42.5 Å². The zero-order valence-corrected chi connectivity index (χ0v) is 17.7. The minimum atomic E-state index is -0.465. The van der Waals surface area contributed by atoms with Crippen molar-refractivity contribution in [3.63, 3.8) is 0 Å². The van der Waals surface area contributed by atoms with E-state index in [0.29, 0.717) is 24.5 Å². The molecule has 0 unspecified atom stereocenters. The van der Waals surface area contributed by atoms with Gasteiger partial charge in [0.25, 0.3) is 0 Å². The Morgan fingerprint density at radius 1 is 1.03 bits per heavy atom. The van der Waals surface area contributed by atoms with Gasteiger partial charge in [-0.25, -0.2) is 9.89 Å². The number of primary amides is 1. The molecular formula is C24H25N5O3. The number of hydrogen-bond donors (Lipinski definition) is 2.